The molecule has 1 aliphatic heterocycles. The van der Waals surface area contributed by atoms with Gasteiger partial charge in [-0.1, -0.05) is 6.92 Å². The summed E-state index contributed by atoms with van der Waals surface area (Å²) in [6, 6.07) is 0. The zero-order valence-electron chi connectivity index (χ0n) is 9.25. The first-order valence-electron chi connectivity index (χ1n) is 5.74. The molecule has 15 heavy (non-hydrogen) atoms. The second-order valence-electron chi connectivity index (χ2n) is 3.94. The van der Waals surface area contributed by atoms with E-state index in [-0.39, 0.29) is 6.10 Å². The Morgan fingerprint density at radius 3 is 3.07 bits per heavy atom. The molecule has 2 rings (SSSR count). The van der Waals surface area contributed by atoms with E-state index in [1.54, 1.807) is 0 Å². The highest BCUT2D eigenvalue weighted by atomic mass is 16.5. The molecule has 1 saturated heterocycles. The highest BCUT2D eigenvalue weighted by molar-refractivity contribution is 5.18. The summed E-state index contributed by atoms with van der Waals surface area (Å²) in [5, 5.41) is 0. The van der Waals surface area contributed by atoms with Gasteiger partial charge in [0.1, 0.15) is 11.9 Å². The van der Waals surface area contributed by atoms with Crippen LogP contribution in [0.1, 0.15) is 43.1 Å². The van der Waals surface area contributed by atoms with Gasteiger partial charge in [-0.3, -0.25) is 0 Å². The first-order chi connectivity index (χ1) is 7.35. The Morgan fingerprint density at radius 2 is 2.47 bits per heavy atom. The van der Waals surface area contributed by atoms with Gasteiger partial charge in [0.2, 0.25) is 0 Å². The van der Waals surface area contributed by atoms with Gasteiger partial charge >= 0.3 is 0 Å². The second kappa shape index (κ2) is 4.77. The summed E-state index contributed by atoms with van der Waals surface area (Å²) in [7, 11) is 0. The van der Waals surface area contributed by atoms with Crippen molar-refractivity contribution in [1.29, 1.82) is 0 Å². The number of nitrogens with zero attached hydrogens (tertiary/aromatic N) is 1. The molecule has 4 nitrogen and oxygen atoms in total. The number of hydrogen-bond donors (Lipinski definition) is 2. The second-order valence-corrected chi connectivity index (χ2v) is 3.94. The highest BCUT2D eigenvalue weighted by Crippen LogP contribution is 2.29. The standard InChI is InChI=1S/C11H19N3O/c1-2-8-11(9-4-3-7-15-9)14-10(13-8)5-6-12/h9H,2-7,12H2,1H3,(H,13,14). The van der Waals surface area contributed by atoms with Crippen molar-refractivity contribution in [1.82, 2.24) is 9.97 Å². The highest BCUT2D eigenvalue weighted by Gasteiger charge is 2.23. The molecule has 84 valence electrons. The maximum atomic E-state index is 5.66. The summed E-state index contributed by atoms with van der Waals surface area (Å²) in [5.74, 6) is 1.000. The van der Waals surface area contributed by atoms with Crippen LogP contribution in [0, 0.1) is 0 Å². The smallest absolute Gasteiger partial charge is 0.107 e. The Bertz CT molecular complexity index is 316. The van der Waals surface area contributed by atoms with Gasteiger partial charge < -0.3 is 15.5 Å². The van der Waals surface area contributed by atoms with Crippen LogP contribution >= 0.6 is 0 Å². The molecule has 0 aliphatic carbocycles. The van der Waals surface area contributed by atoms with Crippen molar-refractivity contribution in [2.75, 3.05) is 13.2 Å². The van der Waals surface area contributed by atoms with Crippen molar-refractivity contribution in [2.45, 2.75) is 38.7 Å². The van der Waals surface area contributed by atoms with E-state index in [0.717, 1.165) is 43.8 Å². The quantitative estimate of drug-likeness (QED) is 0.786. The Kier molecular flexibility index (Phi) is 3.38. The van der Waals surface area contributed by atoms with Gasteiger partial charge in [0.05, 0.1) is 5.69 Å². The molecular weight excluding hydrogens is 190 g/mol. The monoisotopic (exact) mass is 209 g/mol. The number of hydrogen-bond acceptors (Lipinski definition) is 3. The minimum atomic E-state index is 0.211. The van der Waals surface area contributed by atoms with E-state index in [4.69, 9.17) is 10.5 Å². The van der Waals surface area contributed by atoms with E-state index in [0.29, 0.717) is 6.54 Å². The first kappa shape index (κ1) is 10.6. The molecule has 0 bridgehead atoms. The molecule has 0 amide bonds. The third-order valence-corrected chi connectivity index (χ3v) is 2.83. The molecule has 1 aromatic heterocycles. The Labute approximate surface area is 90.2 Å². The van der Waals surface area contributed by atoms with Crippen LogP contribution in [0.3, 0.4) is 0 Å². The lowest BCUT2D eigenvalue weighted by Crippen LogP contribution is -2.04. The lowest BCUT2D eigenvalue weighted by Gasteiger charge is -2.07. The molecule has 1 unspecified atom stereocenters. The third-order valence-electron chi connectivity index (χ3n) is 2.83. The van der Waals surface area contributed by atoms with Crippen LogP contribution in [0.15, 0.2) is 0 Å². The number of imidazole rings is 1. The largest absolute Gasteiger partial charge is 0.372 e. The molecule has 1 atom stereocenters. The molecule has 0 saturated carbocycles. The molecular formula is C11H19N3O. The van der Waals surface area contributed by atoms with Crippen LogP contribution in [0.2, 0.25) is 0 Å². The van der Waals surface area contributed by atoms with Gasteiger partial charge in [0.25, 0.3) is 0 Å². The fourth-order valence-electron chi connectivity index (χ4n) is 2.06. The van der Waals surface area contributed by atoms with Crippen molar-refractivity contribution in [3.05, 3.63) is 17.2 Å². The fraction of sp³-hybridized carbons (Fsp3) is 0.727. The van der Waals surface area contributed by atoms with Gasteiger partial charge in [0.15, 0.2) is 0 Å². The molecule has 1 aliphatic rings. The van der Waals surface area contributed by atoms with Crippen LogP contribution in [0.25, 0.3) is 0 Å². The molecule has 1 aromatic rings. The molecule has 0 spiro atoms. The average Bonchev–Trinajstić information content (AvgIpc) is 2.84. The van der Waals surface area contributed by atoms with E-state index in [1.807, 2.05) is 0 Å². The van der Waals surface area contributed by atoms with E-state index in [9.17, 15) is 0 Å². The van der Waals surface area contributed by atoms with Crippen LogP contribution in [-0.2, 0) is 17.6 Å². The van der Waals surface area contributed by atoms with Crippen LogP contribution < -0.4 is 5.73 Å². The molecule has 2 heterocycles. The van der Waals surface area contributed by atoms with Crippen LogP contribution in [-0.4, -0.2) is 23.1 Å². The summed E-state index contributed by atoms with van der Waals surface area (Å²) in [6.07, 6.45) is 4.25. The minimum absolute atomic E-state index is 0.211. The number of aryl methyl sites for hydroxylation is 1. The topological polar surface area (TPSA) is 63.9 Å². The van der Waals surface area contributed by atoms with Gasteiger partial charge in [-0.05, 0) is 25.8 Å². The number of aromatic nitrogens is 2. The summed E-state index contributed by atoms with van der Waals surface area (Å²) in [6.45, 7) is 3.65. The molecule has 1 fully saturated rings. The van der Waals surface area contributed by atoms with Crippen molar-refractivity contribution in [3.8, 4) is 0 Å². The number of rotatable bonds is 4. The zero-order valence-corrected chi connectivity index (χ0v) is 9.25. The number of H-pyrrole nitrogens is 1. The third kappa shape index (κ3) is 2.21. The number of aromatic amines is 1. The van der Waals surface area contributed by atoms with E-state index < -0.39 is 0 Å². The average molecular weight is 209 g/mol. The summed E-state index contributed by atoms with van der Waals surface area (Å²) in [5.41, 5.74) is 7.85. The van der Waals surface area contributed by atoms with Crippen molar-refractivity contribution < 1.29 is 4.74 Å². The maximum absolute atomic E-state index is 5.66. The number of nitrogens with two attached hydrogens (primary N) is 1. The number of nitrogens with one attached hydrogen (secondary N) is 1. The molecule has 3 N–H and O–H groups in total. The van der Waals surface area contributed by atoms with Gasteiger partial charge in [-0.2, -0.15) is 0 Å². The van der Waals surface area contributed by atoms with E-state index in [1.165, 1.54) is 5.69 Å². The normalized spacial score (nSPS) is 21.1. The minimum Gasteiger partial charge on any atom is -0.372 e. The number of ether oxygens (including phenoxy) is 1. The lowest BCUT2D eigenvalue weighted by atomic mass is 10.1. The predicted molar refractivity (Wildman–Crippen MR) is 58.7 cm³/mol. The van der Waals surface area contributed by atoms with Gasteiger partial charge in [-0.15, -0.1) is 0 Å². The molecule has 0 aromatic carbocycles. The first-order valence-corrected chi connectivity index (χ1v) is 5.74. The van der Waals surface area contributed by atoms with Crippen molar-refractivity contribution in [3.63, 3.8) is 0 Å². The van der Waals surface area contributed by atoms with Gasteiger partial charge in [0, 0.05) is 18.7 Å². The Balaban J connectivity index is 2.19. The summed E-state index contributed by atoms with van der Waals surface area (Å²) < 4.78 is 5.66. The molecule has 0 radical (unpaired) electrons. The van der Waals surface area contributed by atoms with E-state index >= 15 is 0 Å². The Hall–Kier alpha value is -0.870. The SMILES string of the molecule is CCc1[nH]c(CCN)nc1C1CCCO1. The molecule has 4 heteroatoms. The van der Waals surface area contributed by atoms with Crippen molar-refractivity contribution in [2.24, 2.45) is 5.73 Å². The maximum Gasteiger partial charge on any atom is 0.107 e. The summed E-state index contributed by atoms with van der Waals surface area (Å²) >= 11 is 0. The van der Waals surface area contributed by atoms with E-state index in [2.05, 4.69) is 16.9 Å². The lowest BCUT2D eigenvalue weighted by molar-refractivity contribution is 0.108. The van der Waals surface area contributed by atoms with Crippen LogP contribution in [0.4, 0.5) is 0 Å². The fourth-order valence-corrected chi connectivity index (χ4v) is 2.06. The van der Waals surface area contributed by atoms with Gasteiger partial charge in [-0.25, -0.2) is 4.98 Å². The van der Waals surface area contributed by atoms with Crippen LogP contribution in [0.5, 0.6) is 0 Å². The zero-order chi connectivity index (χ0) is 10.7. The summed E-state index contributed by atoms with van der Waals surface area (Å²) in [4.78, 5) is 7.93. The predicted octanol–water partition coefficient (Wildman–Crippen LogP) is 1.32. The Morgan fingerprint density at radius 1 is 1.60 bits per heavy atom. The van der Waals surface area contributed by atoms with Crippen molar-refractivity contribution >= 4 is 0 Å².